The fourth-order valence-corrected chi connectivity index (χ4v) is 1.62. The molecular weight excluding hydrogens is 216 g/mol. The van der Waals surface area contributed by atoms with Gasteiger partial charge in [-0.2, -0.15) is 0 Å². The lowest BCUT2D eigenvalue weighted by molar-refractivity contribution is -0.121. The van der Waals surface area contributed by atoms with Gasteiger partial charge in [-0.15, -0.1) is 0 Å². The highest BCUT2D eigenvalue weighted by molar-refractivity contribution is 5.78. The molecule has 0 aliphatic rings. The maximum Gasteiger partial charge on any atom is 0.234 e. The van der Waals surface area contributed by atoms with Crippen LogP contribution >= 0.6 is 0 Å². The Morgan fingerprint density at radius 1 is 1.18 bits per heavy atom. The highest BCUT2D eigenvalue weighted by Crippen LogP contribution is 2.20. The molecule has 0 radical (unpaired) electrons. The Hall–Kier alpha value is -0.610. The summed E-state index contributed by atoms with van der Waals surface area (Å²) in [7, 11) is 0. The summed E-state index contributed by atoms with van der Waals surface area (Å²) < 4.78 is 0. The van der Waals surface area contributed by atoms with Crippen LogP contribution in [0.2, 0.25) is 0 Å². The molecule has 0 aliphatic heterocycles. The molecule has 0 aliphatic carbocycles. The largest absolute Gasteiger partial charge is 0.396 e. The Kier molecular flexibility index (Phi) is 6.72. The van der Waals surface area contributed by atoms with Gasteiger partial charge < -0.3 is 15.7 Å². The van der Waals surface area contributed by atoms with Gasteiger partial charge in [0, 0.05) is 18.7 Å². The summed E-state index contributed by atoms with van der Waals surface area (Å²) in [5.41, 5.74) is -0.0596. The average molecular weight is 244 g/mol. The van der Waals surface area contributed by atoms with Crippen molar-refractivity contribution in [2.75, 3.05) is 19.7 Å². The Bertz CT molecular complexity index is 232. The number of hydrogen-bond donors (Lipinski definition) is 3. The Morgan fingerprint density at radius 3 is 2.24 bits per heavy atom. The van der Waals surface area contributed by atoms with E-state index in [1.165, 1.54) is 0 Å². The molecule has 0 aromatic carbocycles. The number of rotatable bonds is 7. The molecule has 0 unspecified atom stereocenters. The molecule has 0 aromatic rings. The van der Waals surface area contributed by atoms with Crippen LogP contribution in [0.1, 0.15) is 47.5 Å². The Morgan fingerprint density at radius 2 is 1.76 bits per heavy atom. The van der Waals surface area contributed by atoms with Gasteiger partial charge in [-0.1, -0.05) is 13.8 Å². The number of aliphatic hydroxyl groups is 1. The van der Waals surface area contributed by atoms with E-state index in [0.29, 0.717) is 6.54 Å². The zero-order valence-corrected chi connectivity index (χ0v) is 11.9. The van der Waals surface area contributed by atoms with Gasteiger partial charge in [-0.05, 0) is 39.0 Å². The number of carbonyl (C=O) groups excluding carboxylic acids is 1. The third-order valence-corrected chi connectivity index (χ3v) is 2.42. The Labute approximate surface area is 105 Å². The van der Waals surface area contributed by atoms with E-state index in [2.05, 4.69) is 24.5 Å². The highest BCUT2D eigenvalue weighted by Gasteiger charge is 2.18. The molecule has 4 nitrogen and oxygen atoms in total. The SMILES string of the molecule is CC(C)(CCCO)CNCC(=O)NC(C)(C)C. The van der Waals surface area contributed by atoms with Crippen molar-refractivity contribution in [3.05, 3.63) is 0 Å². The van der Waals surface area contributed by atoms with E-state index in [-0.39, 0.29) is 23.5 Å². The number of hydrogen-bond acceptors (Lipinski definition) is 3. The summed E-state index contributed by atoms with van der Waals surface area (Å²) in [5, 5.41) is 14.9. The van der Waals surface area contributed by atoms with E-state index in [9.17, 15) is 4.79 Å². The molecular formula is C13H28N2O2. The van der Waals surface area contributed by atoms with E-state index in [4.69, 9.17) is 5.11 Å². The van der Waals surface area contributed by atoms with Crippen molar-refractivity contribution in [3.63, 3.8) is 0 Å². The first-order valence-corrected chi connectivity index (χ1v) is 6.29. The van der Waals surface area contributed by atoms with Crippen molar-refractivity contribution in [2.45, 2.75) is 53.0 Å². The molecule has 0 rings (SSSR count). The van der Waals surface area contributed by atoms with Crippen molar-refractivity contribution in [2.24, 2.45) is 5.41 Å². The lowest BCUT2D eigenvalue weighted by Crippen LogP contribution is -2.46. The van der Waals surface area contributed by atoms with Gasteiger partial charge in [0.15, 0.2) is 0 Å². The number of carbonyl (C=O) groups is 1. The van der Waals surface area contributed by atoms with Gasteiger partial charge in [0.25, 0.3) is 0 Å². The standard InChI is InChI=1S/C13H28N2O2/c1-12(2,3)15-11(17)9-14-10-13(4,5)7-6-8-16/h14,16H,6-10H2,1-5H3,(H,15,17). The van der Waals surface area contributed by atoms with Crippen LogP contribution in [0, 0.1) is 5.41 Å². The van der Waals surface area contributed by atoms with E-state index in [0.717, 1.165) is 19.4 Å². The van der Waals surface area contributed by atoms with Crippen molar-refractivity contribution in [3.8, 4) is 0 Å². The van der Waals surface area contributed by atoms with Gasteiger partial charge >= 0.3 is 0 Å². The quantitative estimate of drug-likeness (QED) is 0.632. The lowest BCUT2D eigenvalue weighted by atomic mass is 9.88. The van der Waals surface area contributed by atoms with E-state index < -0.39 is 0 Å². The second-order valence-corrected chi connectivity index (χ2v) is 6.39. The van der Waals surface area contributed by atoms with Crippen LogP contribution in [-0.4, -0.2) is 36.2 Å². The van der Waals surface area contributed by atoms with E-state index >= 15 is 0 Å². The molecule has 0 saturated carbocycles. The molecule has 0 fully saturated rings. The van der Waals surface area contributed by atoms with Gasteiger partial charge in [0.05, 0.1) is 6.54 Å². The second-order valence-electron chi connectivity index (χ2n) is 6.39. The first kappa shape index (κ1) is 16.4. The van der Waals surface area contributed by atoms with Crippen LogP contribution in [0.4, 0.5) is 0 Å². The molecule has 102 valence electrons. The third-order valence-electron chi connectivity index (χ3n) is 2.42. The summed E-state index contributed by atoms with van der Waals surface area (Å²) in [6.45, 7) is 11.5. The molecule has 1 amide bonds. The maximum atomic E-state index is 11.5. The lowest BCUT2D eigenvalue weighted by Gasteiger charge is -2.25. The van der Waals surface area contributed by atoms with Crippen LogP contribution in [-0.2, 0) is 4.79 Å². The summed E-state index contributed by atoms with van der Waals surface area (Å²) in [6.07, 6.45) is 1.76. The average Bonchev–Trinajstić information content (AvgIpc) is 2.11. The normalized spacial score (nSPS) is 12.6. The van der Waals surface area contributed by atoms with E-state index in [1.807, 2.05) is 20.8 Å². The molecule has 0 spiro atoms. The summed E-state index contributed by atoms with van der Waals surface area (Å²) in [4.78, 5) is 11.5. The fraction of sp³-hybridized carbons (Fsp3) is 0.923. The van der Waals surface area contributed by atoms with Crippen molar-refractivity contribution in [1.82, 2.24) is 10.6 Å². The van der Waals surface area contributed by atoms with Crippen molar-refractivity contribution >= 4 is 5.91 Å². The van der Waals surface area contributed by atoms with Crippen molar-refractivity contribution < 1.29 is 9.90 Å². The molecule has 3 N–H and O–H groups in total. The van der Waals surface area contributed by atoms with Crippen LogP contribution in [0.3, 0.4) is 0 Å². The minimum atomic E-state index is -0.175. The predicted octanol–water partition coefficient (Wildman–Crippen LogP) is 1.29. The summed E-state index contributed by atoms with van der Waals surface area (Å²) >= 11 is 0. The van der Waals surface area contributed by atoms with Crippen LogP contribution in [0.15, 0.2) is 0 Å². The van der Waals surface area contributed by atoms with Gasteiger partial charge in [-0.3, -0.25) is 4.79 Å². The zero-order valence-electron chi connectivity index (χ0n) is 11.9. The van der Waals surface area contributed by atoms with Gasteiger partial charge in [0.2, 0.25) is 5.91 Å². The number of aliphatic hydroxyl groups excluding tert-OH is 1. The molecule has 17 heavy (non-hydrogen) atoms. The first-order valence-electron chi connectivity index (χ1n) is 6.29. The highest BCUT2D eigenvalue weighted by atomic mass is 16.2. The van der Waals surface area contributed by atoms with Gasteiger partial charge in [-0.25, -0.2) is 0 Å². The van der Waals surface area contributed by atoms with Crippen LogP contribution in [0.25, 0.3) is 0 Å². The minimum absolute atomic E-state index is 0.0236. The van der Waals surface area contributed by atoms with Gasteiger partial charge in [0.1, 0.15) is 0 Å². The monoisotopic (exact) mass is 244 g/mol. The second kappa shape index (κ2) is 6.97. The smallest absolute Gasteiger partial charge is 0.234 e. The van der Waals surface area contributed by atoms with E-state index in [1.54, 1.807) is 0 Å². The zero-order chi connectivity index (χ0) is 13.5. The first-order chi connectivity index (χ1) is 7.66. The molecule has 0 aromatic heterocycles. The molecule has 0 atom stereocenters. The van der Waals surface area contributed by atoms with Crippen LogP contribution < -0.4 is 10.6 Å². The summed E-state index contributed by atoms with van der Waals surface area (Å²) in [6, 6.07) is 0. The number of amides is 1. The maximum absolute atomic E-state index is 11.5. The van der Waals surface area contributed by atoms with Crippen molar-refractivity contribution in [1.29, 1.82) is 0 Å². The third kappa shape index (κ3) is 10.3. The number of nitrogens with one attached hydrogen (secondary N) is 2. The Balaban J connectivity index is 3.79. The topological polar surface area (TPSA) is 61.4 Å². The molecule has 0 heterocycles. The molecule has 0 saturated heterocycles. The van der Waals surface area contributed by atoms with Crippen LogP contribution in [0.5, 0.6) is 0 Å². The predicted molar refractivity (Wildman–Crippen MR) is 70.9 cm³/mol. The molecule has 4 heteroatoms. The molecule has 0 bridgehead atoms. The minimum Gasteiger partial charge on any atom is -0.396 e. The summed E-state index contributed by atoms with van der Waals surface area (Å²) in [5.74, 6) is 0.0236. The fourth-order valence-electron chi connectivity index (χ4n) is 1.62.